The van der Waals surface area contributed by atoms with Gasteiger partial charge in [0.2, 0.25) is 0 Å². The molecule has 0 aromatic carbocycles. The van der Waals surface area contributed by atoms with Gasteiger partial charge in [-0.2, -0.15) is 0 Å². The molecule has 1 rings (SSSR count). The van der Waals surface area contributed by atoms with Crippen LogP contribution in [0.5, 0.6) is 0 Å². The molecule has 1 N–H and O–H groups in total. The van der Waals surface area contributed by atoms with Gasteiger partial charge in [-0.1, -0.05) is 6.08 Å². The largest absolute Gasteiger partial charge is 0.395 e. The third-order valence-corrected chi connectivity index (χ3v) is 2.30. The highest BCUT2D eigenvalue weighted by molar-refractivity contribution is 4.84. The van der Waals surface area contributed by atoms with Gasteiger partial charge < -0.3 is 5.11 Å². The van der Waals surface area contributed by atoms with Gasteiger partial charge in [-0.25, -0.2) is 0 Å². The standard InChI is InChI=1S/C10H19NO/c1-2-3-4-7-11(8-9-12)10-5-6-10/h2,10,12H,1,3-9H2. The molecule has 1 saturated carbocycles. The fraction of sp³-hybridized carbons (Fsp3) is 0.800. The first-order valence-corrected chi connectivity index (χ1v) is 4.84. The zero-order valence-electron chi connectivity index (χ0n) is 7.71. The molecule has 0 saturated heterocycles. The second-order valence-electron chi connectivity index (χ2n) is 3.42. The maximum atomic E-state index is 8.81. The van der Waals surface area contributed by atoms with E-state index in [1.165, 1.54) is 19.3 Å². The van der Waals surface area contributed by atoms with E-state index >= 15 is 0 Å². The topological polar surface area (TPSA) is 23.5 Å². The van der Waals surface area contributed by atoms with Crippen molar-refractivity contribution in [3.05, 3.63) is 12.7 Å². The van der Waals surface area contributed by atoms with Crippen molar-refractivity contribution in [2.24, 2.45) is 0 Å². The van der Waals surface area contributed by atoms with E-state index in [0.717, 1.165) is 25.6 Å². The van der Waals surface area contributed by atoms with Crippen molar-refractivity contribution in [3.8, 4) is 0 Å². The maximum absolute atomic E-state index is 8.81. The van der Waals surface area contributed by atoms with Crippen molar-refractivity contribution in [3.63, 3.8) is 0 Å². The molecule has 0 radical (unpaired) electrons. The second-order valence-corrected chi connectivity index (χ2v) is 3.42. The van der Waals surface area contributed by atoms with Gasteiger partial charge in [0.1, 0.15) is 0 Å². The molecule has 0 aromatic heterocycles. The SMILES string of the molecule is C=CCCCN(CCO)C1CC1. The lowest BCUT2D eigenvalue weighted by molar-refractivity contribution is 0.188. The van der Waals surface area contributed by atoms with Crippen molar-refractivity contribution in [1.82, 2.24) is 4.90 Å². The Hall–Kier alpha value is -0.340. The molecule has 0 atom stereocenters. The molecule has 70 valence electrons. The van der Waals surface area contributed by atoms with Gasteiger partial charge in [0.05, 0.1) is 6.61 Å². The molecule has 1 aliphatic carbocycles. The van der Waals surface area contributed by atoms with Crippen LogP contribution in [-0.4, -0.2) is 35.7 Å². The molecular formula is C10H19NO. The average molecular weight is 169 g/mol. The van der Waals surface area contributed by atoms with Crippen molar-refractivity contribution < 1.29 is 5.11 Å². The Kier molecular flexibility index (Phi) is 4.33. The number of rotatable bonds is 7. The van der Waals surface area contributed by atoms with Crippen LogP contribution < -0.4 is 0 Å². The highest BCUT2D eigenvalue weighted by Crippen LogP contribution is 2.26. The Morgan fingerprint density at radius 1 is 1.42 bits per heavy atom. The Morgan fingerprint density at radius 2 is 2.17 bits per heavy atom. The van der Waals surface area contributed by atoms with E-state index in [2.05, 4.69) is 11.5 Å². The maximum Gasteiger partial charge on any atom is 0.0558 e. The predicted molar refractivity (Wildman–Crippen MR) is 51.1 cm³/mol. The summed E-state index contributed by atoms with van der Waals surface area (Å²) in [6, 6.07) is 0.780. The number of nitrogens with zero attached hydrogens (tertiary/aromatic N) is 1. The molecule has 1 fully saturated rings. The average Bonchev–Trinajstić information content (AvgIpc) is 2.86. The van der Waals surface area contributed by atoms with Crippen molar-refractivity contribution >= 4 is 0 Å². The Balaban J connectivity index is 2.09. The number of hydrogen-bond acceptors (Lipinski definition) is 2. The molecule has 0 spiro atoms. The summed E-state index contributed by atoms with van der Waals surface area (Å²) in [5, 5.41) is 8.81. The van der Waals surface area contributed by atoms with E-state index in [4.69, 9.17) is 5.11 Å². The summed E-state index contributed by atoms with van der Waals surface area (Å²) in [6.07, 6.45) is 6.89. The Labute approximate surface area is 74.9 Å². The van der Waals surface area contributed by atoms with Crippen molar-refractivity contribution in [2.75, 3.05) is 19.7 Å². The summed E-state index contributed by atoms with van der Waals surface area (Å²) in [7, 11) is 0. The van der Waals surface area contributed by atoms with E-state index in [9.17, 15) is 0 Å². The molecule has 0 aromatic rings. The lowest BCUT2D eigenvalue weighted by Gasteiger charge is -2.19. The molecular weight excluding hydrogens is 150 g/mol. The first kappa shape index (κ1) is 9.75. The number of allylic oxidation sites excluding steroid dienone is 1. The van der Waals surface area contributed by atoms with Crippen LogP contribution in [0.2, 0.25) is 0 Å². The predicted octanol–water partition coefficient (Wildman–Crippen LogP) is 1.41. The van der Waals surface area contributed by atoms with E-state index in [0.29, 0.717) is 6.61 Å². The van der Waals surface area contributed by atoms with E-state index in [1.54, 1.807) is 0 Å². The molecule has 0 unspecified atom stereocenters. The quantitative estimate of drug-likeness (QED) is 0.460. The summed E-state index contributed by atoms with van der Waals surface area (Å²) in [5.74, 6) is 0. The first-order valence-electron chi connectivity index (χ1n) is 4.84. The smallest absolute Gasteiger partial charge is 0.0558 e. The molecule has 12 heavy (non-hydrogen) atoms. The molecule has 0 amide bonds. The highest BCUT2D eigenvalue weighted by Gasteiger charge is 2.27. The van der Waals surface area contributed by atoms with Crippen LogP contribution >= 0.6 is 0 Å². The van der Waals surface area contributed by atoms with Crippen LogP contribution in [0, 0.1) is 0 Å². The third-order valence-electron chi connectivity index (χ3n) is 2.30. The molecule has 1 aliphatic rings. The minimum Gasteiger partial charge on any atom is -0.395 e. The summed E-state index contributed by atoms with van der Waals surface area (Å²) in [6.45, 7) is 5.96. The number of aliphatic hydroxyl groups is 1. The molecule has 2 nitrogen and oxygen atoms in total. The van der Waals surface area contributed by atoms with E-state index < -0.39 is 0 Å². The fourth-order valence-electron chi connectivity index (χ4n) is 1.48. The van der Waals surface area contributed by atoms with Crippen LogP contribution in [-0.2, 0) is 0 Å². The minimum atomic E-state index is 0.296. The lowest BCUT2D eigenvalue weighted by atomic mass is 10.3. The van der Waals surface area contributed by atoms with Crippen LogP contribution in [0.1, 0.15) is 25.7 Å². The van der Waals surface area contributed by atoms with Crippen LogP contribution in [0.3, 0.4) is 0 Å². The van der Waals surface area contributed by atoms with Gasteiger partial charge in [0.15, 0.2) is 0 Å². The van der Waals surface area contributed by atoms with Gasteiger partial charge >= 0.3 is 0 Å². The molecule has 0 bridgehead atoms. The van der Waals surface area contributed by atoms with E-state index in [-0.39, 0.29) is 0 Å². The normalized spacial score (nSPS) is 16.8. The molecule has 0 heterocycles. The van der Waals surface area contributed by atoms with Gasteiger partial charge in [-0.15, -0.1) is 6.58 Å². The lowest BCUT2D eigenvalue weighted by Crippen LogP contribution is -2.30. The van der Waals surface area contributed by atoms with Crippen molar-refractivity contribution in [1.29, 1.82) is 0 Å². The summed E-state index contributed by atoms with van der Waals surface area (Å²) in [5.41, 5.74) is 0. The second kappa shape index (κ2) is 5.33. The third kappa shape index (κ3) is 3.37. The minimum absolute atomic E-state index is 0.296. The van der Waals surface area contributed by atoms with E-state index in [1.807, 2.05) is 6.08 Å². The molecule has 0 aliphatic heterocycles. The van der Waals surface area contributed by atoms with Crippen LogP contribution in [0.25, 0.3) is 0 Å². The zero-order valence-corrected chi connectivity index (χ0v) is 7.71. The van der Waals surface area contributed by atoms with Gasteiger partial charge in [-0.3, -0.25) is 4.90 Å². The number of hydrogen-bond donors (Lipinski definition) is 1. The number of aliphatic hydroxyl groups excluding tert-OH is 1. The van der Waals surface area contributed by atoms with Crippen molar-refractivity contribution in [2.45, 2.75) is 31.7 Å². The van der Waals surface area contributed by atoms with Crippen LogP contribution in [0.15, 0.2) is 12.7 Å². The first-order chi connectivity index (χ1) is 5.88. The molecule has 2 heteroatoms. The van der Waals surface area contributed by atoms with Gasteiger partial charge in [0, 0.05) is 12.6 Å². The summed E-state index contributed by atoms with van der Waals surface area (Å²) < 4.78 is 0. The monoisotopic (exact) mass is 169 g/mol. The zero-order chi connectivity index (χ0) is 8.81. The summed E-state index contributed by atoms with van der Waals surface area (Å²) in [4.78, 5) is 2.39. The highest BCUT2D eigenvalue weighted by atomic mass is 16.3. The number of unbranched alkanes of at least 4 members (excludes halogenated alkanes) is 1. The fourth-order valence-corrected chi connectivity index (χ4v) is 1.48. The Morgan fingerprint density at radius 3 is 2.67 bits per heavy atom. The summed E-state index contributed by atoms with van der Waals surface area (Å²) >= 11 is 0. The van der Waals surface area contributed by atoms with Crippen LogP contribution in [0.4, 0.5) is 0 Å². The van der Waals surface area contributed by atoms with Gasteiger partial charge in [0.25, 0.3) is 0 Å². The van der Waals surface area contributed by atoms with Gasteiger partial charge in [-0.05, 0) is 32.2 Å². The Bertz CT molecular complexity index is 132.